The molecule has 122 valence electrons. The fourth-order valence-corrected chi connectivity index (χ4v) is 3.31. The Morgan fingerprint density at radius 2 is 1.88 bits per heavy atom. The van der Waals surface area contributed by atoms with Crippen LogP contribution in [0.2, 0.25) is 0 Å². The quantitative estimate of drug-likeness (QED) is 0.606. The maximum atomic E-state index is 6.10. The van der Waals surface area contributed by atoms with Gasteiger partial charge in [-0.3, -0.25) is 0 Å². The van der Waals surface area contributed by atoms with E-state index in [9.17, 15) is 0 Å². The van der Waals surface area contributed by atoms with Gasteiger partial charge in [-0.05, 0) is 17.7 Å². The van der Waals surface area contributed by atoms with Crippen LogP contribution >= 0.6 is 0 Å². The van der Waals surface area contributed by atoms with Crippen molar-refractivity contribution < 1.29 is 4.42 Å². The van der Waals surface area contributed by atoms with Crippen molar-refractivity contribution in [1.82, 2.24) is 9.97 Å². The summed E-state index contributed by atoms with van der Waals surface area (Å²) >= 11 is 0. The highest BCUT2D eigenvalue weighted by Gasteiger charge is 2.33. The second kappa shape index (κ2) is 5.63. The Morgan fingerprint density at radius 1 is 1.04 bits per heavy atom. The number of fused-ring (bicyclic) bond motifs is 2. The van der Waals surface area contributed by atoms with Gasteiger partial charge < -0.3 is 14.6 Å². The van der Waals surface area contributed by atoms with Gasteiger partial charge in [0.1, 0.15) is 23.4 Å². The number of furan rings is 1. The number of hydrogen-bond acceptors (Lipinski definition) is 5. The Morgan fingerprint density at radius 3 is 2.76 bits per heavy atom. The summed E-state index contributed by atoms with van der Waals surface area (Å²) in [6, 6.07) is 20.5. The van der Waals surface area contributed by atoms with Crippen LogP contribution in [-0.4, -0.2) is 9.97 Å². The van der Waals surface area contributed by atoms with Gasteiger partial charge in [-0.2, -0.15) is 0 Å². The lowest BCUT2D eigenvalue weighted by atomic mass is 10.2. The molecular weight excluding hydrogens is 312 g/mol. The van der Waals surface area contributed by atoms with Gasteiger partial charge in [0, 0.05) is 11.9 Å². The van der Waals surface area contributed by atoms with Crippen LogP contribution in [-0.2, 0) is 6.54 Å². The van der Waals surface area contributed by atoms with Crippen LogP contribution in [0.4, 0.5) is 11.5 Å². The molecule has 0 bridgehead atoms. The number of rotatable bonds is 3. The minimum Gasteiger partial charge on any atom is -0.457 e. The van der Waals surface area contributed by atoms with Crippen LogP contribution in [0.15, 0.2) is 77.6 Å². The van der Waals surface area contributed by atoms with Gasteiger partial charge in [0.2, 0.25) is 0 Å². The summed E-state index contributed by atoms with van der Waals surface area (Å²) < 4.78 is 6.10. The Bertz CT molecular complexity index is 995. The Hall–Kier alpha value is -3.34. The van der Waals surface area contributed by atoms with E-state index in [1.54, 1.807) is 6.33 Å². The first kappa shape index (κ1) is 14.0. The first-order chi connectivity index (χ1) is 12.4. The summed E-state index contributed by atoms with van der Waals surface area (Å²) in [6.45, 7) is 0.746. The SMILES string of the molecule is c1ccc(CN2c3cncnc3NC2c2cc3ccccc3o2)cc1. The molecule has 4 aromatic rings. The number of aromatic nitrogens is 2. The van der Waals surface area contributed by atoms with Crippen LogP contribution in [0.5, 0.6) is 0 Å². The van der Waals surface area contributed by atoms with E-state index in [0.717, 1.165) is 34.8 Å². The first-order valence-electron chi connectivity index (χ1n) is 8.24. The van der Waals surface area contributed by atoms with E-state index >= 15 is 0 Å². The fraction of sp³-hybridized carbons (Fsp3) is 0.100. The lowest BCUT2D eigenvalue weighted by Crippen LogP contribution is -2.27. The fourth-order valence-electron chi connectivity index (χ4n) is 3.31. The molecule has 0 spiro atoms. The summed E-state index contributed by atoms with van der Waals surface area (Å²) in [5, 5.41) is 4.56. The standard InChI is InChI=1S/C20H16N4O/c1-2-6-14(7-3-1)12-24-16-11-21-13-22-19(16)23-20(24)18-10-15-8-4-5-9-17(15)25-18/h1-11,13,20H,12H2,(H,21,22,23). The molecular formula is C20H16N4O. The molecule has 0 radical (unpaired) electrons. The van der Waals surface area contributed by atoms with Crippen LogP contribution in [0.3, 0.4) is 0 Å². The average molecular weight is 328 g/mol. The second-order valence-corrected chi connectivity index (χ2v) is 6.10. The summed E-state index contributed by atoms with van der Waals surface area (Å²) in [6.07, 6.45) is 3.30. The van der Waals surface area contributed by atoms with Crippen molar-refractivity contribution in [2.75, 3.05) is 10.2 Å². The van der Waals surface area contributed by atoms with E-state index in [1.807, 2.05) is 30.5 Å². The average Bonchev–Trinajstić information content (AvgIpc) is 3.24. The number of nitrogens with one attached hydrogen (secondary N) is 1. The smallest absolute Gasteiger partial charge is 0.161 e. The van der Waals surface area contributed by atoms with Crippen molar-refractivity contribution in [2.24, 2.45) is 0 Å². The Labute approximate surface area is 144 Å². The highest BCUT2D eigenvalue weighted by molar-refractivity contribution is 5.79. The molecule has 1 unspecified atom stereocenters. The van der Waals surface area contributed by atoms with Crippen molar-refractivity contribution in [3.05, 3.63) is 84.5 Å². The molecule has 5 rings (SSSR count). The van der Waals surface area contributed by atoms with Gasteiger partial charge in [0.15, 0.2) is 12.0 Å². The van der Waals surface area contributed by atoms with Gasteiger partial charge in [-0.15, -0.1) is 0 Å². The zero-order valence-corrected chi connectivity index (χ0v) is 13.5. The third-order valence-corrected chi connectivity index (χ3v) is 4.50. The molecule has 25 heavy (non-hydrogen) atoms. The van der Waals surface area contributed by atoms with Gasteiger partial charge in [0.05, 0.1) is 6.20 Å². The van der Waals surface area contributed by atoms with Gasteiger partial charge in [0.25, 0.3) is 0 Å². The van der Waals surface area contributed by atoms with Crippen molar-refractivity contribution >= 4 is 22.5 Å². The lowest BCUT2D eigenvalue weighted by molar-refractivity contribution is 0.503. The number of benzene rings is 2. The first-order valence-corrected chi connectivity index (χ1v) is 8.24. The van der Waals surface area contributed by atoms with Gasteiger partial charge in [-0.1, -0.05) is 48.5 Å². The zero-order chi connectivity index (χ0) is 16.6. The monoisotopic (exact) mass is 328 g/mol. The minimum absolute atomic E-state index is 0.112. The predicted molar refractivity (Wildman–Crippen MR) is 97.2 cm³/mol. The number of anilines is 2. The molecule has 5 heteroatoms. The molecule has 2 aromatic heterocycles. The van der Waals surface area contributed by atoms with Crippen LogP contribution < -0.4 is 10.2 Å². The van der Waals surface area contributed by atoms with E-state index in [0.29, 0.717) is 0 Å². The number of nitrogens with zero attached hydrogens (tertiary/aromatic N) is 3. The molecule has 1 atom stereocenters. The molecule has 0 aliphatic carbocycles. The number of hydrogen-bond donors (Lipinski definition) is 1. The molecule has 2 aromatic carbocycles. The minimum atomic E-state index is -0.112. The highest BCUT2D eigenvalue weighted by atomic mass is 16.3. The van der Waals surface area contributed by atoms with Gasteiger partial charge in [-0.25, -0.2) is 9.97 Å². The summed E-state index contributed by atoms with van der Waals surface area (Å²) in [5.41, 5.74) is 3.10. The van der Waals surface area contributed by atoms with Crippen LogP contribution in [0.1, 0.15) is 17.5 Å². The molecule has 1 aliphatic heterocycles. The summed E-state index contributed by atoms with van der Waals surface area (Å²) in [4.78, 5) is 10.8. The Kier molecular flexibility index (Phi) is 3.16. The van der Waals surface area contributed by atoms with Crippen molar-refractivity contribution in [2.45, 2.75) is 12.7 Å². The molecule has 1 N–H and O–H groups in total. The maximum Gasteiger partial charge on any atom is 0.161 e. The van der Waals surface area contributed by atoms with E-state index in [2.05, 4.69) is 56.6 Å². The molecule has 0 saturated heterocycles. The molecule has 0 saturated carbocycles. The van der Waals surface area contributed by atoms with E-state index in [4.69, 9.17) is 4.42 Å². The predicted octanol–water partition coefficient (Wildman–Crippen LogP) is 4.35. The van der Waals surface area contributed by atoms with Crippen molar-refractivity contribution in [1.29, 1.82) is 0 Å². The normalized spacial score (nSPS) is 16.0. The van der Waals surface area contributed by atoms with E-state index in [-0.39, 0.29) is 6.17 Å². The lowest BCUT2D eigenvalue weighted by Gasteiger charge is -2.25. The molecule has 0 amide bonds. The Balaban J connectivity index is 1.57. The van der Waals surface area contributed by atoms with Crippen LogP contribution in [0, 0.1) is 0 Å². The largest absolute Gasteiger partial charge is 0.457 e. The van der Waals surface area contributed by atoms with E-state index in [1.165, 1.54) is 5.56 Å². The summed E-state index contributed by atoms with van der Waals surface area (Å²) in [5.74, 6) is 1.70. The zero-order valence-electron chi connectivity index (χ0n) is 13.5. The topological polar surface area (TPSA) is 54.2 Å². The third-order valence-electron chi connectivity index (χ3n) is 4.50. The van der Waals surface area contributed by atoms with E-state index < -0.39 is 0 Å². The third kappa shape index (κ3) is 2.41. The molecule has 1 aliphatic rings. The second-order valence-electron chi connectivity index (χ2n) is 6.10. The van der Waals surface area contributed by atoms with Gasteiger partial charge >= 0.3 is 0 Å². The highest BCUT2D eigenvalue weighted by Crippen LogP contribution is 2.41. The van der Waals surface area contributed by atoms with Crippen LogP contribution in [0.25, 0.3) is 11.0 Å². The summed E-state index contributed by atoms with van der Waals surface area (Å²) in [7, 11) is 0. The van der Waals surface area contributed by atoms with Crippen molar-refractivity contribution in [3.63, 3.8) is 0 Å². The van der Waals surface area contributed by atoms with Crippen molar-refractivity contribution in [3.8, 4) is 0 Å². The molecule has 5 nitrogen and oxygen atoms in total. The number of para-hydroxylation sites is 1. The molecule has 3 heterocycles. The molecule has 0 fully saturated rings. The maximum absolute atomic E-state index is 6.10.